The minimum atomic E-state index is -0.312. The van der Waals surface area contributed by atoms with E-state index in [0.29, 0.717) is 12.0 Å². The van der Waals surface area contributed by atoms with E-state index < -0.39 is 0 Å². The summed E-state index contributed by atoms with van der Waals surface area (Å²) in [7, 11) is 1.35. The Morgan fingerprint density at radius 3 is 2.00 bits per heavy atom. The number of hydrogen-bond donors (Lipinski definition) is 0. The molecule has 0 heterocycles. The minimum absolute atomic E-state index is 0.312. The third-order valence-electron chi connectivity index (χ3n) is 0.901. The molecule has 2 nitrogen and oxygen atoms in total. The Kier molecular flexibility index (Phi) is 9.31. The fourth-order valence-corrected chi connectivity index (χ4v) is 0.289. The topological polar surface area (TPSA) is 26.3 Å². The summed E-state index contributed by atoms with van der Waals surface area (Å²) in [6.45, 7) is 11.3. The lowest BCUT2D eigenvalue weighted by Gasteiger charge is -1.95. The van der Waals surface area contributed by atoms with Crippen LogP contribution in [0.15, 0.2) is 25.3 Å². The third-order valence-corrected chi connectivity index (χ3v) is 0.901. The molecule has 0 aromatic heterocycles. The maximum absolute atomic E-state index is 10.4. The lowest BCUT2D eigenvalue weighted by atomic mass is 10.2. The van der Waals surface area contributed by atoms with Crippen LogP contribution in [-0.4, -0.2) is 13.1 Å². The Bertz CT molecular complexity index is 102. The maximum atomic E-state index is 10.4. The molecule has 58 valence electrons. The van der Waals surface area contributed by atoms with Crippen LogP contribution in [0.4, 0.5) is 0 Å². The van der Waals surface area contributed by atoms with Crippen molar-refractivity contribution in [3.8, 4) is 0 Å². The fraction of sp³-hybridized carbons (Fsp3) is 0.375. The average Bonchev–Trinajstić information content (AvgIpc) is 2.05. The number of esters is 1. The van der Waals surface area contributed by atoms with Gasteiger partial charge in [-0.2, -0.15) is 0 Å². The largest absolute Gasteiger partial charge is 0.466 e. The molecule has 0 spiro atoms. The Balaban J connectivity index is 0. The second kappa shape index (κ2) is 7.95. The van der Waals surface area contributed by atoms with Gasteiger partial charge in [0, 0.05) is 5.57 Å². The normalized spacial score (nSPS) is 7.00. The van der Waals surface area contributed by atoms with Crippen LogP contribution < -0.4 is 0 Å². The molecule has 0 aromatic carbocycles. The van der Waals surface area contributed by atoms with E-state index in [1.807, 2.05) is 6.92 Å². The highest BCUT2D eigenvalue weighted by atomic mass is 16.5. The van der Waals surface area contributed by atoms with Gasteiger partial charge < -0.3 is 4.74 Å². The Labute approximate surface area is 62.2 Å². The molecule has 10 heavy (non-hydrogen) atoms. The van der Waals surface area contributed by atoms with Crippen LogP contribution in [0, 0.1) is 0 Å². The van der Waals surface area contributed by atoms with Crippen molar-refractivity contribution in [1.82, 2.24) is 0 Å². The maximum Gasteiger partial charge on any atom is 0.333 e. The molecule has 0 atom stereocenters. The van der Waals surface area contributed by atoms with Crippen molar-refractivity contribution in [2.75, 3.05) is 7.11 Å². The zero-order valence-corrected chi connectivity index (χ0v) is 6.64. The molecule has 0 radical (unpaired) electrons. The standard InChI is InChI=1S/C6H10O2.C2H4/c1-4-5(2)6(7)8-3;1-2/h2,4H2,1,3H3;1-2H2. The van der Waals surface area contributed by atoms with Gasteiger partial charge in [-0.25, -0.2) is 4.79 Å². The Morgan fingerprint density at radius 1 is 1.50 bits per heavy atom. The van der Waals surface area contributed by atoms with Gasteiger partial charge >= 0.3 is 5.97 Å². The molecule has 0 unspecified atom stereocenters. The Morgan fingerprint density at radius 2 is 1.90 bits per heavy atom. The Hall–Kier alpha value is -1.05. The van der Waals surface area contributed by atoms with Gasteiger partial charge in [-0.1, -0.05) is 13.5 Å². The summed E-state index contributed by atoms with van der Waals surface area (Å²) >= 11 is 0. The van der Waals surface area contributed by atoms with E-state index in [-0.39, 0.29) is 5.97 Å². The quantitative estimate of drug-likeness (QED) is 0.334. The van der Waals surface area contributed by atoms with Crippen LogP contribution in [0.25, 0.3) is 0 Å². The highest BCUT2D eigenvalue weighted by Crippen LogP contribution is 1.96. The predicted molar refractivity (Wildman–Crippen MR) is 42.7 cm³/mol. The van der Waals surface area contributed by atoms with Gasteiger partial charge in [-0.15, -0.1) is 13.2 Å². The second-order valence-electron chi connectivity index (χ2n) is 1.45. The van der Waals surface area contributed by atoms with Crippen LogP contribution in [0.3, 0.4) is 0 Å². The first-order valence-corrected chi connectivity index (χ1v) is 2.98. The van der Waals surface area contributed by atoms with Gasteiger partial charge in [-0.3, -0.25) is 0 Å². The summed E-state index contributed by atoms with van der Waals surface area (Å²) < 4.78 is 4.36. The van der Waals surface area contributed by atoms with Crippen molar-refractivity contribution in [2.45, 2.75) is 13.3 Å². The van der Waals surface area contributed by atoms with Crippen LogP contribution in [0.2, 0.25) is 0 Å². The SMILES string of the molecule is C=C.C=C(CC)C(=O)OC. The predicted octanol–water partition coefficient (Wildman–Crippen LogP) is 1.93. The van der Waals surface area contributed by atoms with Gasteiger partial charge in [0.2, 0.25) is 0 Å². The summed E-state index contributed by atoms with van der Waals surface area (Å²) in [6.07, 6.45) is 0.659. The van der Waals surface area contributed by atoms with Crippen LogP contribution in [-0.2, 0) is 9.53 Å². The van der Waals surface area contributed by atoms with Gasteiger partial charge in [0.05, 0.1) is 7.11 Å². The van der Waals surface area contributed by atoms with Crippen molar-refractivity contribution >= 4 is 5.97 Å². The van der Waals surface area contributed by atoms with Gasteiger partial charge in [0.15, 0.2) is 0 Å². The molecule has 0 aliphatic heterocycles. The number of carbonyl (C=O) groups is 1. The first kappa shape index (κ1) is 11.7. The van der Waals surface area contributed by atoms with Gasteiger partial charge in [-0.05, 0) is 6.42 Å². The number of ether oxygens (including phenoxy) is 1. The van der Waals surface area contributed by atoms with Gasteiger partial charge in [0.25, 0.3) is 0 Å². The zero-order valence-electron chi connectivity index (χ0n) is 6.64. The van der Waals surface area contributed by atoms with E-state index in [1.165, 1.54) is 7.11 Å². The number of carbonyl (C=O) groups excluding carboxylic acids is 1. The number of methoxy groups -OCH3 is 1. The van der Waals surface area contributed by atoms with Crippen molar-refractivity contribution in [3.05, 3.63) is 25.3 Å². The molecular formula is C8H14O2. The molecular weight excluding hydrogens is 128 g/mol. The van der Waals surface area contributed by atoms with E-state index >= 15 is 0 Å². The molecule has 0 bridgehead atoms. The van der Waals surface area contributed by atoms with Gasteiger partial charge in [0.1, 0.15) is 0 Å². The van der Waals surface area contributed by atoms with E-state index in [0.717, 1.165) is 0 Å². The molecule has 0 aromatic rings. The van der Waals surface area contributed by atoms with E-state index in [9.17, 15) is 4.79 Å². The molecule has 0 aliphatic rings. The molecule has 0 fully saturated rings. The second-order valence-corrected chi connectivity index (χ2v) is 1.45. The first-order valence-electron chi connectivity index (χ1n) is 2.98. The fourth-order valence-electron chi connectivity index (χ4n) is 0.289. The van der Waals surface area contributed by atoms with Crippen molar-refractivity contribution < 1.29 is 9.53 Å². The molecule has 2 heteroatoms. The minimum Gasteiger partial charge on any atom is -0.466 e. The highest BCUT2D eigenvalue weighted by molar-refractivity contribution is 5.87. The lowest BCUT2D eigenvalue weighted by Crippen LogP contribution is -2.01. The van der Waals surface area contributed by atoms with Crippen molar-refractivity contribution in [3.63, 3.8) is 0 Å². The molecule has 0 amide bonds. The number of hydrogen-bond acceptors (Lipinski definition) is 2. The molecule has 0 N–H and O–H groups in total. The molecule has 0 saturated carbocycles. The average molecular weight is 142 g/mol. The lowest BCUT2D eigenvalue weighted by molar-refractivity contribution is -0.136. The summed E-state index contributed by atoms with van der Waals surface area (Å²) in [5.41, 5.74) is 0.521. The van der Waals surface area contributed by atoms with Crippen molar-refractivity contribution in [2.24, 2.45) is 0 Å². The van der Waals surface area contributed by atoms with Crippen molar-refractivity contribution in [1.29, 1.82) is 0 Å². The van der Waals surface area contributed by atoms with E-state index in [1.54, 1.807) is 0 Å². The molecule has 0 rings (SSSR count). The third kappa shape index (κ3) is 5.09. The highest BCUT2D eigenvalue weighted by Gasteiger charge is 2.00. The van der Waals surface area contributed by atoms with Crippen LogP contribution >= 0.6 is 0 Å². The van der Waals surface area contributed by atoms with Crippen LogP contribution in [0.5, 0.6) is 0 Å². The summed E-state index contributed by atoms with van der Waals surface area (Å²) in [4.78, 5) is 10.4. The number of rotatable bonds is 2. The van der Waals surface area contributed by atoms with Crippen LogP contribution in [0.1, 0.15) is 13.3 Å². The molecule has 0 aliphatic carbocycles. The summed E-state index contributed by atoms with van der Waals surface area (Å²) in [5.74, 6) is -0.312. The zero-order chi connectivity index (χ0) is 8.57. The first-order chi connectivity index (χ1) is 4.72. The summed E-state index contributed by atoms with van der Waals surface area (Å²) in [5, 5.41) is 0. The molecule has 0 saturated heterocycles. The van der Waals surface area contributed by atoms with E-state index in [2.05, 4.69) is 24.5 Å². The monoisotopic (exact) mass is 142 g/mol. The van der Waals surface area contributed by atoms with E-state index in [4.69, 9.17) is 0 Å². The summed E-state index contributed by atoms with van der Waals surface area (Å²) in [6, 6.07) is 0. The smallest absolute Gasteiger partial charge is 0.333 e.